The first-order valence-electron chi connectivity index (χ1n) is 10.4. The van der Waals surface area contributed by atoms with Gasteiger partial charge in [0.05, 0.1) is 5.56 Å². The van der Waals surface area contributed by atoms with Gasteiger partial charge in [0, 0.05) is 6.10 Å². The van der Waals surface area contributed by atoms with Crippen LogP contribution in [0.2, 0.25) is 0 Å². The molecule has 0 heterocycles. The lowest BCUT2D eigenvalue weighted by Crippen LogP contribution is -2.74. The van der Waals surface area contributed by atoms with E-state index in [0.29, 0.717) is 12.1 Å². The van der Waals surface area contributed by atoms with E-state index in [1.165, 1.54) is 0 Å². The van der Waals surface area contributed by atoms with Gasteiger partial charge in [-0.05, 0) is 26.8 Å². The van der Waals surface area contributed by atoms with Gasteiger partial charge in [-0.3, -0.25) is 0 Å². The fourth-order valence-corrected chi connectivity index (χ4v) is 4.27. The largest absolute Gasteiger partial charge is 0.577 e. The molecule has 15 heteroatoms. The van der Waals surface area contributed by atoms with Crippen molar-refractivity contribution in [2.75, 3.05) is 0 Å². The van der Waals surface area contributed by atoms with Gasteiger partial charge in [-0.15, -0.1) is 0 Å². The zero-order valence-corrected chi connectivity index (χ0v) is 19.2. The molecule has 0 bridgehead atoms. The molecule has 3 rings (SSSR count). The van der Waals surface area contributed by atoms with Crippen LogP contribution in [0.25, 0.3) is 0 Å². The average Bonchev–Trinajstić information content (AvgIpc) is 2.82. The topological polar surface area (TPSA) is 9.23 Å². The molecule has 0 aliphatic rings. The highest BCUT2D eigenvalue weighted by atomic mass is 19.4. The second kappa shape index (κ2) is 9.82. The standard InChI is InChI=1S/C23H13BF13O/c1-7(2)38-24(10-5-8(3)4-9(6-10)23(35,36)37,11-13(25)17(29)21(33)18(30)14(11)26)12-15(27)19(31)22(34)20(32)16(12)28/h4-7H,1-3H3/q-1. The van der Waals surface area contributed by atoms with Crippen LogP contribution in [-0.2, 0) is 10.8 Å². The number of rotatable bonds is 5. The summed E-state index contributed by atoms with van der Waals surface area (Å²) in [7, 11) is 0. The van der Waals surface area contributed by atoms with E-state index in [1.54, 1.807) is 0 Å². The second-order valence-corrected chi connectivity index (χ2v) is 8.57. The lowest BCUT2D eigenvalue weighted by molar-refractivity contribution is -0.137. The van der Waals surface area contributed by atoms with E-state index in [9.17, 15) is 39.5 Å². The molecular formula is C23H13BF13O-. The number of alkyl halides is 3. The van der Waals surface area contributed by atoms with Gasteiger partial charge in [-0.2, -0.15) is 18.6 Å². The summed E-state index contributed by atoms with van der Waals surface area (Å²) in [5, 5.41) is 0. The van der Waals surface area contributed by atoms with Crippen LogP contribution in [0.5, 0.6) is 0 Å². The average molecular weight is 563 g/mol. The summed E-state index contributed by atoms with van der Waals surface area (Å²) in [6, 6.07) is 0.996. The zero-order chi connectivity index (χ0) is 29.1. The summed E-state index contributed by atoms with van der Waals surface area (Å²) in [5.74, 6) is -27.7. The Balaban J connectivity index is 2.79. The highest BCUT2D eigenvalue weighted by Crippen LogP contribution is 2.31. The van der Waals surface area contributed by atoms with E-state index in [2.05, 4.69) is 0 Å². The molecule has 38 heavy (non-hydrogen) atoms. The van der Waals surface area contributed by atoms with Crippen LogP contribution >= 0.6 is 0 Å². The quantitative estimate of drug-likeness (QED) is 0.165. The van der Waals surface area contributed by atoms with E-state index < -0.39 is 104 Å². The Hall–Kier alpha value is -3.23. The maximum absolute atomic E-state index is 15.2. The number of hydrogen-bond acceptors (Lipinski definition) is 1. The summed E-state index contributed by atoms with van der Waals surface area (Å²) in [4.78, 5) is 0. The molecule has 0 aliphatic carbocycles. The van der Waals surface area contributed by atoms with Crippen molar-refractivity contribution < 1.29 is 61.7 Å². The van der Waals surface area contributed by atoms with E-state index in [0.717, 1.165) is 20.8 Å². The third kappa shape index (κ3) is 4.50. The van der Waals surface area contributed by atoms with Gasteiger partial charge in [0.15, 0.2) is 34.9 Å². The van der Waals surface area contributed by atoms with Crippen molar-refractivity contribution >= 4 is 22.7 Å². The fraction of sp³-hybridized carbons (Fsp3) is 0.217. The number of aryl methyl sites for hydroxylation is 1. The minimum absolute atomic E-state index is 0.00846. The van der Waals surface area contributed by atoms with Crippen molar-refractivity contribution in [2.24, 2.45) is 0 Å². The maximum Gasteiger partial charge on any atom is 0.416 e. The molecule has 0 N–H and O–H groups in total. The lowest BCUT2D eigenvalue weighted by Gasteiger charge is -2.46. The van der Waals surface area contributed by atoms with Crippen molar-refractivity contribution in [1.29, 1.82) is 0 Å². The Morgan fingerprint density at radius 3 is 1.24 bits per heavy atom. The first-order chi connectivity index (χ1) is 17.4. The predicted octanol–water partition coefficient (Wildman–Crippen LogP) is 5.80. The molecule has 0 saturated carbocycles. The molecule has 0 aromatic heterocycles. The van der Waals surface area contributed by atoms with Crippen molar-refractivity contribution in [3.63, 3.8) is 0 Å². The van der Waals surface area contributed by atoms with Crippen LogP contribution in [0.15, 0.2) is 18.2 Å². The molecule has 0 radical (unpaired) electrons. The molecule has 0 fully saturated rings. The zero-order valence-electron chi connectivity index (χ0n) is 19.2. The van der Waals surface area contributed by atoms with Crippen molar-refractivity contribution in [3.8, 4) is 0 Å². The highest BCUT2D eigenvalue weighted by Gasteiger charge is 2.46. The number of halogens is 13. The van der Waals surface area contributed by atoms with Gasteiger partial charge < -0.3 is 4.65 Å². The summed E-state index contributed by atoms with van der Waals surface area (Å²) in [5.41, 5.74) is -7.90. The summed E-state index contributed by atoms with van der Waals surface area (Å²) < 4.78 is 192. The maximum atomic E-state index is 15.2. The van der Waals surface area contributed by atoms with E-state index in [-0.39, 0.29) is 6.07 Å². The van der Waals surface area contributed by atoms with E-state index in [1.807, 2.05) is 0 Å². The van der Waals surface area contributed by atoms with Crippen LogP contribution in [0.3, 0.4) is 0 Å². The lowest BCUT2D eigenvalue weighted by atomic mass is 9.27. The molecule has 1 nitrogen and oxygen atoms in total. The van der Waals surface area contributed by atoms with Gasteiger partial charge in [0.2, 0.25) is 6.35 Å². The summed E-state index contributed by atoms with van der Waals surface area (Å²) in [6.45, 7) is 2.89. The minimum atomic E-state index is -5.26. The Morgan fingerprint density at radius 2 is 0.921 bits per heavy atom. The van der Waals surface area contributed by atoms with Crippen molar-refractivity contribution in [2.45, 2.75) is 33.1 Å². The molecule has 0 spiro atoms. The molecule has 0 unspecified atom stereocenters. The molecule has 0 amide bonds. The van der Waals surface area contributed by atoms with Crippen LogP contribution in [0.1, 0.15) is 25.0 Å². The summed E-state index contributed by atoms with van der Waals surface area (Å²) in [6.07, 6.45) is -11.9. The van der Waals surface area contributed by atoms with Crippen LogP contribution < -0.4 is 16.4 Å². The monoisotopic (exact) mass is 563 g/mol. The SMILES string of the molecule is Cc1cc([B-](OC(C)C)(c2c(F)c(F)c(F)c(F)c2F)c2c(F)c(F)c(F)c(F)c2F)cc(C(F)(F)F)c1. The van der Waals surface area contributed by atoms with E-state index >= 15 is 17.6 Å². The smallest absolute Gasteiger partial charge is 0.416 e. The Kier molecular flexibility index (Phi) is 7.58. The minimum Gasteiger partial charge on any atom is -0.577 e. The molecule has 3 aromatic rings. The fourth-order valence-electron chi connectivity index (χ4n) is 4.27. The third-order valence-electron chi connectivity index (χ3n) is 5.67. The van der Waals surface area contributed by atoms with Crippen LogP contribution in [0, 0.1) is 65.1 Å². The molecule has 0 saturated heterocycles. The number of benzene rings is 3. The molecular weight excluding hydrogens is 550 g/mol. The van der Waals surface area contributed by atoms with Gasteiger partial charge >= 0.3 is 6.18 Å². The van der Waals surface area contributed by atoms with Crippen LogP contribution in [-0.4, -0.2) is 12.5 Å². The van der Waals surface area contributed by atoms with Gasteiger partial charge in [0.1, 0.15) is 23.3 Å². The van der Waals surface area contributed by atoms with E-state index in [4.69, 9.17) is 4.65 Å². The molecule has 0 atom stereocenters. The Morgan fingerprint density at radius 1 is 0.579 bits per heavy atom. The highest BCUT2D eigenvalue weighted by molar-refractivity contribution is 7.07. The van der Waals surface area contributed by atoms with Gasteiger partial charge in [-0.1, -0.05) is 28.6 Å². The Labute approximate surface area is 205 Å². The molecule has 206 valence electrons. The second-order valence-electron chi connectivity index (χ2n) is 8.57. The third-order valence-corrected chi connectivity index (χ3v) is 5.67. The first kappa shape index (κ1) is 29.3. The molecule has 0 aliphatic heterocycles. The molecule has 3 aromatic carbocycles. The normalized spacial score (nSPS) is 12.6. The van der Waals surface area contributed by atoms with Crippen molar-refractivity contribution in [3.05, 3.63) is 87.5 Å². The summed E-state index contributed by atoms with van der Waals surface area (Å²) >= 11 is 0. The van der Waals surface area contributed by atoms with Gasteiger partial charge in [0.25, 0.3) is 0 Å². The predicted molar refractivity (Wildman–Crippen MR) is 110 cm³/mol. The Bertz CT molecular complexity index is 1300. The van der Waals surface area contributed by atoms with Crippen molar-refractivity contribution in [1.82, 2.24) is 0 Å². The first-order valence-corrected chi connectivity index (χ1v) is 10.4. The number of hydrogen-bond donors (Lipinski definition) is 0. The van der Waals surface area contributed by atoms with Crippen LogP contribution in [0.4, 0.5) is 57.1 Å². The van der Waals surface area contributed by atoms with Gasteiger partial charge in [-0.25, -0.2) is 43.9 Å².